The van der Waals surface area contributed by atoms with Gasteiger partial charge in [0, 0.05) is 18.7 Å². The molecule has 0 saturated carbocycles. The van der Waals surface area contributed by atoms with Crippen LogP contribution in [0.5, 0.6) is 0 Å². The van der Waals surface area contributed by atoms with E-state index in [9.17, 15) is 17.2 Å². The molecule has 21 heavy (non-hydrogen) atoms. The summed E-state index contributed by atoms with van der Waals surface area (Å²) >= 11 is 0. The Balaban J connectivity index is 0.00000220. The fourth-order valence-electron chi connectivity index (χ4n) is 2.58. The third-order valence-corrected chi connectivity index (χ3v) is 5.45. The highest BCUT2D eigenvalue weighted by Gasteiger charge is 2.33. The first-order valence-electron chi connectivity index (χ1n) is 6.63. The van der Waals surface area contributed by atoms with Crippen LogP contribution in [0.25, 0.3) is 0 Å². The molecule has 1 aliphatic heterocycles. The lowest BCUT2D eigenvalue weighted by atomic mass is 10.0. The van der Waals surface area contributed by atoms with Gasteiger partial charge < -0.3 is 5.73 Å². The molecule has 1 saturated heterocycles. The first-order valence-corrected chi connectivity index (χ1v) is 8.07. The minimum absolute atomic E-state index is 0. The normalized spacial score (nSPS) is 20.0. The van der Waals surface area contributed by atoms with Crippen LogP contribution in [0.1, 0.15) is 25.7 Å². The zero-order valence-corrected chi connectivity index (χ0v) is 13.1. The molecule has 1 aromatic rings. The van der Waals surface area contributed by atoms with E-state index in [1.807, 2.05) is 0 Å². The van der Waals surface area contributed by atoms with E-state index in [2.05, 4.69) is 0 Å². The van der Waals surface area contributed by atoms with Crippen LogP contribution in [0.4, 0.5) is 8.78 Å². The molecule has 1 aromatic carbocycles. The number of nitrogens with zero attached hydrogens (tertiary/aromatic N) is 1. The number of rotatable bonds is 4. The molecular weight excluding hydrogens is 322 g/mol. The number of hydrogen-bond acceptors (Lipinski definition) is 3. The standard InChI is InChI=1S/C13H18F2N2O2S.ClH/c14-10-7-11(15)9-13(8-10)20(18,19)17-6-2-1-3-12(17)4-5-16;/h7-9,12H,1-6,16H2;1H. The summed E-state index contributed by atoms with van der Waals surface area (Å²) < 4.78 is 52.8. The van der Waals surface area contributed by atoms with E-state index in [4.69, 9.17) is 5.73 Å². The number of hydrogen-bond donors (Lipinski definition) is 1. The molecule has 1 heterocycles. The minimum Gasteiger partial charge on any atom is -0.330 e. The van der Waals surface area contributed by atoms with E-state index in [1.165, 1.54) is 4.31 Å². The summed E-state index contributed by atoms with van der Waals surface area (Å²) in [6.45, 7) is 0.749. The van der Waals surface area contributed by atoms with Crippen molar-refractivity contribution in [3.8, 4) is 0 Å². The molecule has 120 valence electrons. The highest BCUT2D eigenvalue weighted by Crippen LogP contribution is 2.27. The molecular formula is C13H19ClF2N2O2S. The smallest absolute Gasteiger partial charge is 0.243 e. The summed E-state index contributed by atoms with van der Waals surface area (Å²) in [5, 5.41) is 0. The van der Waals surface area contributed by atoms with Crippen molar-refractivity contribution in [1.29, 1.82) is 0 Å². The van der Waals surface area contributed by atoms with E-state index in [0.717, 1.165) is 31.4 Å². The SMILES string of the molecule is Cl.NCCC1CCCCN1S(=O)(=O)c1cc(F)cc(F)c1. The molecule has 0 radical (unpaired) electrons. The maximum Gasteiger partial charge on any atom is 0.243 e. The fraction of sp³-hybridized carbons (Fsp3) is 0.538. The van der Waals surface area contributed by atoms with Gasteiger partial charge in [0.15, 0.2) is 0 Å². The van der Waals surface area contributed by atoms with Gasteiger partial charge in [-0.25, -0.2) is 17.2 Å². The summed E-state index contributed by atoms with van der Waals surface area (Å²) in [5.41, 5.74) is 5.51. The summed E-state index contributed by atoms with van der Waals surface area (Å²) in [6, 6.07) is 2.18. The molecule has 0 amide bonds. The Bertz CT molecular complexity index is 561. The van der Waals surface area contributed by atoms with Crippen molar-refractivity contribution in [3.05, 3.63) is 29.8 Å². The monoisotopic (exact) mass is 340 g/mol. The molecule has 0 spiro atoms. The molecule has 4 nitrogen and oxygen atoms in total. The maximum absolute atomic E-state index is 13.2. The number of halogens is 3. The summed E-state index contributed by atoms with van der Waals surface area (Å²) in [7, 11) is -3.88. The Labute approximate surface area is 129 Å². The zero-order chi connectivity index (χ0) is 14.8. The van der Waals surface area contributed by atoms with Crippen LogP contribution in [-0.2, 0) is 10.0 Å². The van der Waals surface area contributed by atoms with Crippen molar-refractivity contribution in [2.75, 3.05) is 13.1 Å². The lowest BCUT2D eigenvalue weighted by Gasteiger charge is -2.34. The van der Waals surface area contributed by atoms with Crippen molar-refractivity contribution in [1.82, 2.24) is 4.31 Å². The second-order valence-electron chi connectivity index (χ2n) is 4.95. The lowest BCUT2D eigenvalue weighted by molar-refractivity contribution is 0.243. The van der Waals surface area contributed by atoms with Crippen LogP contribution >= 0.6 is 12.4 Å². The van der Waals surface area contributed by atoms with Crippen molar-refractivity contribution in [2.24, 2.45) is 5.73 Å². The number of piperidine rings is 1. The van der Waals surface area contributed by atoms with E-state index in [0.29, 0.717) is 25.6 Å². The average Bonchev–Trinajstić information content (AvgIpc) is 2.38. The Morgan fingerprint density at radius 3 is 2.38 bits per heavy atom. The molecule has 2 rings (SSSR count). The predicted molar refractivity (Wildman–Crippen MR) is 78.8 cm³/mol. The quantitative estimate of drug-likeness (QED) is 0.914. The molecule has 0 aliphatic carbocycles. The van der Waals surface area contributed by atoms with E-state index in [1.54, 1.807) is 0 Å². The molecule has 0 bridgehead atoms. The van der Waals surface area contributed by atoms with Gasteiger partial charge in [0.25, 0.3) is 0 Å². The van der Waals surface area contributed by atoms with E-state index < -0.39 is 21.7 Å². The number of sulfonamides is 1. The van der Waals surface area contributed by atoms with Crippen LogP contribution in [0, 0.1) is 11.6 Å². The molecule has 8 heteroatoms. The molecule has 1 fully saturated rings. The van der Waals surface area contributed by atoms with Gasteiger partial charge in [-0.1, -0.05) is 6.42 Å². The second kappa shape index (κ2) is 7.49. The van der Waals surface area contributed by atoms with Crippen LogP contribution in [0.2, 0.25) is 0 Å². The highest BCUT2D eigenvalue weighted by atomic mass is 35.5. The number of benzene rings is 1. The van der Waals surface area contributed by atoms with Crippen molar-refractivity contribution >= 4 is 22.4 Å². The van der Waals surface area contributed by atoms with E-state index in [-0.39, 0.29) is 23.3 Å². The molecule has 1 atom stereocenters. The zero-order valence-electron chi connectivity index (χ0n) is 11.5. The Kier molecular flexibility index (Phi) is 6.52. The van der Waals surface area contributed by atoms with Gasteiger partial charge in [0.2, 0.25) is 10.0 Å². The summed E-state index contributed by atoms with van der Waals surface area (Å²) in [6.07, 6.45) is 2.97. The highest BCUT2D eigenvalue weighted by molar-refractivity contribution is 7.89. The van der Waals surface area contributed by atoms with E-state index >= 15 is 0 Å². The minimum atomic E-state index is -3.88. The Morgan fingerprint density at radius 2 is 1.81 bits per heavy atom. The first-order chi connectivity index (χ1) is 9.45. The summed E-state index contributed by atoms with van der Waals surface area (Å²) in [4.78, 5) is -0.334. The third kappa shape index (κ3) is 4.12. The van der Waals surface area contributed by atoms with Gasteiger partial charge in [0.05, 0.1) is 4.90 Å². The topological polar surface area (TPSA) is 63.4 Å². The Morgan fingerprint density at radius 1 is 1.19 bits per heavy atom. The van der Waals surface area contributed by atoms with Gasteiger partial charge in [-0.3, -0.25) is 0 Å². The van der Waals surface area contributed by atoms with Gasteiger partial charge in [-0.15, -0.1) is 12.4 Å². The Hall–Kier alpha value is -0.760. The van der Waals surface area contributed by atoms with Crippen LogP contribution in [-0.4, -0.2) is 31.9 Å². The van der Waals surface area contributed by atoms with Crippen LogP contribution < -0.4 is 5.73 Å². The predicted octanol–water partition coefficient (Wildman–Crippen LogP) is 2.28. The lowest BCUT2D eigenvalue weighted by Crippen LogP contribution is -2.44. The average molecular weight is 341 g/mol. The molecule has 0 aromatic heterocycles. The van der Waals surface area contributed by atoms with Crippen molar-refractivity contribution in [3.63, 3.8) is 0 Å². The largest absolute Gasteiger partial charge is 0.330 e. The van der Waals surface area contributed by atoms with Crippen LogP contribution in [0.3, 0.4) is 0 Å². The van der Waals surface area contributed by atoms with Crippen molar-refractivity contribution < 1.29 is 17.2 Å². The first kappa shape index (κ1) is 18.3. The van der Waals surface area contributed by atoms with Gasteiger partial charge in [-0.2, -0.15) is 4.31 Å². The number of nitrogens with two attached hydrogens (primary N) is 1. The van der Waals surface area contributed by atoms with Gasteiger partial charge >= 0.3 is 0 Å². The van der Waals surface area contributed by atoms with Crippen LogP contribution in [0.15, 0.2) is 23.1 Å². The third-order valence-electron chi connectivity index (χ3n) is 3.52. The molecule has 1 aliphatic rings. The second-order valence-corrected chi connectivity index (χ2v) is 6.84. The fourth-order valence-corrected chi connectivity index (χ4v) is 4.35. The van der Waals surface area contributed by atoms with Crippen molar-refractivity contribution in [2.45, 2.75) is 36.6 Å². The molecule has 2 N–H and O–H groups in total. The molecule has 1 unspecified atom stereocenters. The van der Waals surface area contributed by atoms with Gasteiger partial charge in [-0.05, 0) is 37.9 Å². The maximum atomic E-state index is 13.2. The van der Waals surface area contributed by atoms with Gasteiger partial charge in [0.1, 0.15) is 11.6 Å². The summed E-state index contributed by atoms with van der Waals surface area (Å²) in [5.74, 6) is -1.79.